The van der Waals surface area contributed by atoms with Gasteiger partial charge in [-0.3, -0.25) is 14.4 Å². The Labute approximate surface area is 160 Å². The average Bonchev–Trinajstić information content (AvgIpc) is 3.21. The minimum atomic E-state index is -0.962. The van der Waals surface area contributed by atoms with E-state index in [-0.39, 0.29) is 0 Å². The number of imide groups is 1. The maximum atomic E-state index is 12.9. The number of carbonyl (C=O) groups is 3. The first kappa shape index (κ1) is 17.7. The average molecular weight is 376 g/mol. The van der Waals surface area contributed by atoms with E-state index in [1.807, 2.05) is 36.4 Å². The molecule has 0 spiro atoms. The Morgan fingerprint density at radius 2 is 1.75 bits per heavy atom. The van der Waals surface area contributed by atoms with Crippen LogP contribution < -0.4 is 9.64 Å². The lowest BCUT2D eigenvalue weighted by Gasteiger charge is -2.15. The molecule has 0 bridgehead atoms. The number of hydrogen-bond acceptors (Lipinski definition) is 6. The molecule has 0 saturated carbocycles. The Balaban J connectivity index is 1.55. The van der Waals surface area contributed by atoms with Crippen LogP contribution in [0, 0.1) is 5.92 Å². The molecule has 2 amide bonds. The third-order valence-electron chi connectivity index (χ3n) is 4.45. The van der Waals surface area contributed by atoms with Crippen LogP contribution in [0.3, 0.4) is 0 Å². The Hall–Kier alpha value is -3.74. The smallest absolute Gasteiger partial charge is 0.308 e. The molecule has 2 aliphatic heterocycles. The third-order valence-corrected chi connectivity index (χ3v) is 4.45. The summed E-state index contributed by atoms with van der Waals surface area (Å²) in [5.41, 5.74) is 1.74. The molecule has 2 atom stereocenters. The number of nitrogens with zero attached hydrogens (tertiary/aromatic N) is 2. The third kappa shape index (κ3) is 3.18. The fourth-order valence-corrected chi connectivity index (χ4v) is 3.17. The van der Waals surface area contributed by atoms with Crippen LogP contribution in [0.5, 0.6) is 5.75 Å². The van der Waals surface area contributed by atoms with E-state index in [1.165, 1.54) is 19.1 Å². The van der Waals surface area contributed by atoms with E-state index >= 15 is 0 Å². The molecule has 2 aromatic rings. The van der Waals surface area contributed by atoms with Gasteiger partial charge in [0.1, 0.15) is 11.7 Å². The van der Waals surface area contributed by atoms with Crippen molar-refractivity contribution >= 4 is 35.3 Å². The second-order valence-electron chi connectivity index (χ2n) is 6.36. The number of benzene rings is 2. The van der Waals surface area contributed by atoms with Crippen LogP contribution in [0.4, 0.5) is 5.69 Å². The second-order valence-corrected chi connectivity index (χ2v) is 6.36. The predicted molar refractivity (Wildman–Crippen MR) is 102 cm³/mol. The summed E-state index contributed by atoms with van der Waals surface area (Å²) in [5, 5.41) is 3.92. The fraction of sp³-hybridized carbons (Fsp3) is 0.143. The van der Waals surface area contributed by atoms with Gasteiger partial charge >= 0.3 is 5.97 Å². The zero-order valence-electron chi connectivity index (χ0n) is 14.9. The van der Waals surface area contributed by atoms with E-state index in [0.29, 0.717) is 17.1 Å². The lowest BCUT2D eigenvalue weighted by atomic mass is 9.99. The zero-order valence-corrected chi connectivity index (χ0v) is 14.9. The van der Waals surface area contributed by atoms with Gasteiger partial charge in [-0.2, -0.15) is 0 Å². The van der Waals surface area contributed by atoms with Crippen LogP contribution in [-0.4, -0.2) is 29.6 Å². The number of esters is 1. The molecule has 7 heteroatoms. The lowest BCUT2D eigenvalue weighted by Crippen LogP contribution is -2.32. The first-order valence-corrected chi connectivity index (χ1v) is 8.68. The zero-order chi connectivity index (χ0) is 19.7. The van der Waals surface area contributed by atoms with E-state index < -0.39 is 29.8 Å². The Kier molecular flexibility index (Phi) is 4.49. The topological polar surface area (TPSA) is 85.3 Å². The van der Waals surface area contributed by atoms with Crippen LogP contribution in [0.1, 0.15) is 12.5 Å². The number of rotatable bonds is 4. The van der Waals surface area contributed by atoms with Gasteiger partial charge in [0.25, 0.3) is 5.91 Å². The molecule has 0 aliphatic carbocycles. The number of hydrogen-bond donors (Lipinski definition) is 0. The molecule has 7 nitrogen and oxygen atoms in total. The van der Waals surface area contributed by atoms with Crippen molar-refractivity contribution < 1.29 is 24.0 Å². The van der Waals surface area contributed by atoms with E-state index in [4.69, 9.17) is 9.57 Å². The van der Waals surface area contributed by atoms with Gasteiger partial charge in [-0.15, -0.1) is 0 Å². The normalized spacial score (nSPS) is 20.9. The van der Waals surface area contributed by atoms with Gasteiger partial charge in [0, 0.05) is 6.92 Å². The highest BCUT2D eigenvalue weighted by atomic mass is 16.6. The lowest BCUT2D eigenvalue weighted by molar-refractivity contribution is -0.132. The Morgan fingerprint density at radius 1 is 1.04 bits per heavy atom. The summed E-state index contributed by atoms with van der Waals surface area (Å²) in [6.07, 6.45) is 2.55. The van der Waals surface area contributed by atoms with Crippen molar-refractivity contribution in [2.24, 2.45) is 11.1 Å². The molecule has 4 rings (SSSR count). The summed E-state index contributed by atoms with van der Waals surface area (Å²) in [5.74, 6) is -1.76. The monoisotopic (exact) mass is 376 g/mol. The minimum absolute atomic E-state index is 0.333. The summed E-state index contributed by atoms with van der Waals surface area (Å²) < 4.78 is 4.97. The van der Waals surface area contributed by atoms with E-state index in [0.717, 1.165) is 10.5 Å². The number of oxime groups is 1. The van der Waals surface area contributed by atoms with Crippen molar-refractivity contribution in [1.82, 2.24) is 0 Å². The van der Waals surface area contributed by atoms with Crippen molar-refractivity contribution in [1.29, 1.82) is 0 Å². The first-order valence-electron chi connectivity index (χ1n) is 8.68. The van der Waals surface area contributed by atoms with E-state index in [1.54, 1.807) is 18.2 Å². The van der Waals surface area contributed by atoms with Gasteiger partial charge in [-0.1, -0.05) is 41.6 Å². The SMILES string of the molecule is CC(=O)Oc1ccc(N2C(=O)C3ON=C(/C=C/c4ccccc4)C3C2=O)cc1. The van der Waals surface area contributed by atoms with Crippen molar-refractivity contribution in [3.05, 3.63) is 66.2 Å². The van der Waals surface area contributed by atoms with Crippen molar-refractivity contribution in [3.63, 3.8) is 0 Å². The summed E-state index contributed by atoms with van der Waals surface area (Å²) in [6.45, 7) is 1.30. The van der Waals surface area contributed by atoms with Gasteiger partial charge in [0.05, 0.1) is 11.4 Å². The van der Waals surface area contributed by atoms with Crippen LogP contribution in [0.25, 0.3) is 6.08 Å². The number of carbonyl (C=O) groups excluding carboxylic acids is 3. The van der Waals surface area contributed by atoms with Crippen LogP contribution >= 0.6 is 0 Å². The highest BCUT2D eigenvalue weighted by molar-refractivity contribution is 6.31. The molecule has 1 saturated heterocycles. The maximum absolute atomic E-state index is 12.9. The highest BCUT2D eigenvalue weighted by Crippen LogP contribution is 2.34. The highest BCUT2D eigenvalue weighted by Gasteiger charge is 2.55. The molecule has 1 fully saturated rings. The number of anilines is 1. The first-order chi connectivity index (χ1) is 13.5. The van der Waals surface area contributed by atoms with E-state index in [9.17, 15) is 14.4 Å². The molecule has 2 aliphatic rings. The number of ether oxygens (including phenoxy) is 1. The number of allylic oxidation sites excluding steroid dienone is 1. The van der Waals surface area contributed by atoms with Gasteiger partial charge in [-0.05, 0) is 35.9 Å². The second kappa shape index (κ2) is 7.11. The van der Waals surface area contributed by atoms with Crippen LogP contribution in [0.15, 0.2) is 65.8 Å². The molecular formula is C21H16N2O5. The Bertz CT molecular complexity index is 995. The Morgan fingerprint density at radius 3 is 2.43 bits per heavy atom. The molecule has 0 aromatic heterocycles. The molecule has 2 unspecified atom stereocenters. The van der Waals surface area contributed by atoms with Crippen molar-refractivity contribution in [3.8, 4) is 5.75 Å². The van der Waals surface area contributed by atoms with Crippen LogP contribution in [-0.2, 0) is 19.2 Å². The van der Waals surface area contributed by atoms with Gasteiger partial charge in [-0.25, -0.2) is 4.90 Å². The maximum Gasteiger partial charge on any atom is 0.308 e. The van der Waals surface area contributed by atoms with Gasteiger partial charge < -0.3 is 9.57 Å². The molecule has 0 N–H and O–H groups in total. The molecule has 28 heavy (non-hydrogen) atoms. The molecule has 140 valence electrons. The summed E-state index contributed by atoms with van der Waals surface area (Å²) in [7, 11) is 0. The summed E-state index contributed by atoms with van der Waals surface area (Å²) in [4.78, 5) is 42.9. The van der Waals surface area contributed by atoms with Gasteiger partial charge in [0.2, 0.25) is 12.0 Å². The fourth-order valence-electron chi connectivity index (χ4n) is 3.17. The molecule has 0 radical (unpaired) electrons. The minimum Gasteiger partial charge on any atom is -0.427 e. The van der Waals surface area contributed by atoms with Crippen LogP contribution in [0.2, 0.25) is 0 Å². The molecule has 2 aromatic carbocycles. The van der Waals surface area contributed by atoms with E-state index in [2.05, 4.69) is 5.16 Å². The molecular weight excluding hydrogens is 360 g/mol. The largest absolute Gasteiger partial charge is 0.427 e. The standard InChI is InChI=1S/C21H16N2O5/c1-13(24)27-16-10-8-15(9-11-16)23-20(25)18-17(22-28-19(18)21(23)26)12-7-14-5-3-2-4-6-14/h2-12,18-19H,1H3/b12-7+. The van der Waals surface area contributed by atoms with Crippen molar-refractivity contribution in [2.75, 3.05) is 4.90 Å². The summed E-state index contributed by atoms with van der Waals surface area (Å²) >= 11 is 0. The quantitative estimate of drug-likeness (QED) is 0.465. The number of fused-ring (bicyclic) bond motifs is 1. The van der Waals surface area contributed by atoms with Gasteiger partial charge in [0.15, 0.2) is 0 Å². The molecule has 2 heterocycles. The van der Waals surface area contributed by atoms with Crippen molar-refractivity contribution in [2.45, 2.75) is 13.0 Å². The predicted octanol–water partition coefficient (Wildman–Crippen LogP) is 2.57. The number of amides is 2. The summed E-state index contributed by atoms with van der Waals surface area (Å²) in [6, 6.07) is 15.7.